The standard InChI is InChI=1S/C14H11B7N2O/c1-23-5-12(16,17)10-6-3-7(15)9(24-2)4-8(6)22-11(10)13(18,19)14(23,20)21/h3-4,22H,5H2,1-2H3. The zero-order valence-corrected chi connectivity index (χ0v) is 13.8. The number of benzene rings is 1. The molecule has 3 nitrogen and oxygen atoms in total. The van der Waals surface area contributed by atoms with Crippen LogP contribution in [0.5, 0.6) is 5.75 Å². The Balaban J connectivity index is 2.42. The van der Waals surface area contributed by atoms with E-state index in [1.54, 1.807) is 24.1 Å². The number of nitrogens with zero attached hydrogens (tertiary/aromatic N) is 1. The third-order valence-electron chi connectivity index (χ3n) is 4.82. The van der Waals surface area contributed by atoms with Gasteiger partial charge in [-0.15, -0.1) is 0 Å². The summed E-state index contributed by atoms with van der Waals surface area (Å²) in [5.41, 5.74) is 2.00. The molecule has 0 unspecified atom stereocenters. The van der Waals surface area contributed by atoms with Crippen LogP contribution in [-0.2, 0) is 10.4 Å². The Kier molecular flexibility index (Phi) is 3.88. The van der Waals surface area contributed by atoms with Crippen LogP contribution in [0.1, 0.15) is 11.3 Å². The first-order valence-corrected chi connectivity index (χ1v) is 7.38. The van der Waals surface area contributed by atoms with E-state index in [4.69, 9.17) is 59.7 Å². The van der Waals surface area contributed by atoms with Crippen molar-refractivity contribution in [2.45, 2.75) is 15.8 Å². The van der Waals surface area contributed by atoms with Gasteiger partial charge in [-0.3, -0.25) is 0 Å². The number of H-pyrrole nitrogens is 1. The Morgan fingerprint density at radius 1 is 1.12 bits per heavy atom. The Morgan fingerprint density at radius 2 is 1.75 bits per heavy atom. The van der Waals surface area contributed by atoms with Crippen LogP contribution in [0.2, 0.25) is 0 Å². The maximum Gasteiger partial charge on any atom is 0.119 e. The van der Waals surface area contributed by atoms with Gasteiger partial charge in [0.1, 0.15) is 13.6 Å². The molecular formula is C14H11B7N2O. The third kappa shape index (κ3) is 2.25. The van der Waals surface area contributed by atoms with Crippen molar-refractivity contribution in [1.29, 1.82) is 0 Å². The van der Waals surface area contributed by atoms with Gasteiger partial charge in [0.05, 0.1) is 54.2 Å². The van der Waals surface area contributed by atoms with Crippen molar-refractivity contribution >= 4 is 71.3 Å². The van der Waals surface area contributed by atoms with Gasteiger partial charge in [0.2, 0.25) is 0 Å². The van der Waals surface area contributed by atoms with E-state index in [2.05, 4.69) is 4.98 Å². The van der Waals surface area contributed by atoms with E-state index < -0.39 is 15.8 Å². The number of nitrogens with one attached hydrogen (secondary N) is 1. The second-order valence-corrected chi connectivity index (χ2v) is 6.61. The minimum atomic E-state index is -1.64. The number of aromatic nitrogens is 1. The van der Waals surface area contributed by atoms with Crippen molar-refractivity contribution in [3.63, 3.8) is 0 Å². The minimum absolute atomic E-state index is 0.141. The summed E-state index contributed by atoms with van der Waals surface area (Å²) in [5, 5.41) is -3.83. The lowest BCUT2D eigenvalue weighted by Gasteiger charge is -2.49. The average Bonchev–Trinajstić information content (AvgIpc) is 2.83. The first-order chi connectivity index (χ1) is 10.9. The molecule has 0 bridgehead atoms. The van der Waals surface area contributed by atoms with Crippen LogP contribution in [0.4, 0.5) is 0 Å². The van der Waals surface area contributed by atoms with E-state index in [0.29, 0.717) is 33.4 Å². The first-order valence-electron chi connectivity index (χ1n) is 7.38. The largest absolute Gasteiger partial charge is 0.497 e. The van der Waals surface area contributed by atoms with Crippen LogP contribution in [0.3, 0.4) is 0 Å². The quantitative estimate of drug-likeness (QED) is 0.610. The molecule has 14 radical (unpaired) electrons. The maximum atomic E-state index is 6.38. The number of hydrogen-bond donors (Lipinski definition) is 1. The molecule has 0 atom stereocenters. The second kappa shape index (κ2) is 5.23. The Labute approximate surface area is 151 Å². The van der Waals surface area contributed by atoms with E-state index in [0.717, 1.165) is 0 Å². The van der Waals surface area contributed by atoms with E-state index in [1.807, 2.05) is 0 Å². The van der Waals surface area contributed by atoms with Gasteiger partial charge in [0.25, 0.3) is 0 Å². The molecule has 0 aliphatic carbocycles. The molecule has 1 aliphatic rings. The number of methoxy groups -OCH3 is 1. The van der Waals surface area contributed by atoms with Crippen molar-refractivity contribution < 1.29 is 4.74 Å². The van der Waals surface area contributed by atoms with Gasteiger partial charge >= 0.3 is 0 Å². The molecule has 0 amide bonds. The van der Waals surface area contributed by atoms with Gasteiger partial charge in [-0.2, -0.15) is 0 Å². The molecule has 1 aliphatic heterocycles. The predicted octanol–water partition coefficient (Wildman–Crippen LogP) is -2.11. The highest BCUT2D eigenvalue weighted by atomic mass is 16.5. The van der Waals surface area contributed by atoms with Crippen molar-refractivity contribution in [1.82, 2.24) is 9.88 Å². The molecule has 24 heavy (non-hydrogen) atoms. The van der Waals surface area contributed by atoms with Gasteiger partial charge in [-0.25, -0.2) is 0 Å². The fourth-order valence-corrected chi connectivity index (χ4v) is 3.33. The number of aromatic amines is 1. The first kappa shape index (κ1) is 17.8. The monoisotopic (exact) mass is 300 g/mol. The molecule has 3 rings (SSSR count). The Hall–Kier alpha value is -1.03. The van der Waals surface area contributed by atoms with Crippen LogP contribution in [0.15, 0.2) is 12.1 Å². The topological polar surface area (TPSA) is 28.3 Å². The summed E-state index contributed by atoms with van der Waals surface area (Å²) in [6, 6.07) is 3.44. The maximum absolute atomic E-state index is 6.38. The lowest BCUT2D eigenvalue weighted by Crippen LogP contribution is -2.63. The molecule has 2 heterocycles. The van der Waals surface area contributed by atoms with E-state index in [1.165, 1.54) is 7.11 Å². The fourth-order valence-electron chi connectivity index (χ4n) is 3.33. The Morgan fingerprint density at radius 3 is 2.33 bits per heavy atom. The third-order valence-corrected chi connectivity index (χ3v) is 4.82. The summed E-state index contributed by atoms with van der Waals surface area (Å²) < 4.78 is 5.24. The molecule has 2 aromatic rings. The highest BCUT2D eigenvalue weighted by Crippen LogP contribution is 2.43. The SMILES string of the molecule is [B]c1cc2c3c([nH]c2cc1OC)C([B])([B])C([B])([B])N(C)CC3([B])[B]. The molecule has 0 saturated heterocycles. The van der Waals surface area contributed by atoms with Gasteiger partial charge in [-0.05, 0) is 19.2 Å². The number of fused-ring (bicyclic) bond motifs is 3. The highest BCUT2D eigenvalue weighted by molar-refractivity contribution is 6.55. The summed E-state index contributed by atoms with van der Waals surface area (Å²) in [6.07, 6.45) is 0. The number of ether oxygens (including phenoxy) is 1. The van der Waals surface area contributed by atoms with E-state index in [9.17, 15) is 0 Å². The van der Waals surface area contributed by atoms with Gasteiger partial charge in [-0.1, -0.05) is 27.3 Å². The van der Waals surface area contributed by atoms with E-state index >= 15 is 0 Å². The minimum Gasteiger partial charge on any atom is -0.497 e. The molecule has 0 saturated carbocycles. The summed E-state index contributed by atoms with van der Waals surface area (Å²) in [7, 11) is 47.1. The van der Waals surface area contributed by atoms with Crippen LogP contribution in [0.25, 0.3) is 10.9 Å². The molecule has 0 spiro atoms. The van der Waals surface area contributed by atoms with Crippen LogP contribution in [-0.4, -0.2) is 90.8 Å². The molecule has 104 valence electrons. The zero-order chi connectivity index (χ0) is 18.1. The van der Waals surface area contributed by atoms with Crippen LogP contribution < -0.4 is 10.2 Å². The molecule has 1 aromatic heterocycles. The molecule has 1 aromatic carbocycles. The summed E-state index contributed by atoms with van der Waals surface area (Å²) in [4.78, 5) is 4.69. The van der Waals surface area contributed by atoms with Gasteiger partial charge < -0.3 is 14.6 Å². The number of likely N-dealkylation sites (N-methyl/N-ethyl adjacent to an activating group) is 1. The molecule has 0 fully saturated rings. The van der Waals surface area contributed by atoms with Crippen molar-refractivity contribution in [3.8, 4) is 5.75 Å². The highest BCUT2D eigenvalue weighted by Gasteiger charge is 2.47. The van der Waals surface area contributed by atoms with Gasteiger partial charge in [0.15, 0.2) is 0 Å². The number of rotatable bonds is 1. The normalized spacial score (nSPS) is 21.9. The van der Waals surface area contributed by atoms with Crippen LogP contribution >= 0.6 is 0 Å². The van der Waals surface area contributed by atoms with Crippen molar-refractivity contribution in [3.05, 3.63) is 23.4 Å². The number of hydrogen-bond acceptors (Lipinski definition) is 2. The lowest BCUT2D eigenvalue weighted by molar-refractivity contribution is 0.256. The molecule has 1 N–H and O–H groups in total. The fraction of sp³-hybridized carbons (Fsp3) is 0.429. The smallest absolute Gasteiger partial charge is 0.119 e. The van der Waals surface area contributed by atoms with E-state index in [-0.39, 0.29) is 6.54 Å². The predicted molar refractivity (Wildman–Crippen MR) is 103 cm³/mol. The molecular weight excluding hydrogens is 288 g/mol. The summed E-state index contributed by atoms with van der Waals surface area (Å²) >= 11 is 0. The van der Waals surface area contributed by atoms with Crippen LogP contribution in [0, 0.1) is 0 Å². The van der Waals surface area contributed by atoms with Gasteiger partial charge in [0, 0.05) is 22.7 Å². The molecule has 10 heteroatoms. The second-order valence-electron chi connectivity index (χ2n) is 6.61. The Bertz CT molecular complexity index is 815. The summed E-state index contributed by atoms with van der Waals surface area (Å²) in [5.74, 6) is 0.502. The average molecular weight is 299 g/mol. The lowest BCUT2D eigenvalue weighted by atomic mass is 9.32. The summed E-state index contributed by atoms with van der Waals surface area (Å²) in [6.45, 7) is 0.141. The van der Waals surface area contributed by atoms with Crippen molar-refractivity contribution in [2.75, 3.05) is 20.7 Å². The van der Waals surface area contributed by atoms with Crippen molar-refractivity contribution in [2.24, 2.45) is 0 Å². The zero-order valence-electron chi connectivity index (χ0n) is 13.8.